The normalized spacial score (nSPS) is 14.8. The lowest BCUT2D eigenvalue weighted by Gasteiger charge is -2.36. The van der Waals surface area contributed by atoms with E-state index in [4.69, 9.17) is 13.6 Å². The number of likely N-dealkylation sites (tertiary alicyclic amines) is 1. The van der Waals surface area contributed by atoms with Crippen molar-refractivity contribution in [3.63, 3.8) is 0 Å². The number of carbonyl (C=O) groups is 1. The molecule has 1 aliphatic rings. The zero-order chi connectivity index (χ0) is 21.6. The first-order valence-corrected chi connectivity index (χ1v) is 10.4. The van der Waals surface area contributed by atoms with Crippen molar-refractivity contribution >= 4 is 5.91 Å². The molecule has 4 rings (SSSR count). The molecule has 1 aromatic carbocycles. The fourth-order valence-corrected chi connectivity index (χ4v) is 3.79. The van der Waals surface area contributed by atoms with Crippen LogP contribution in [0.4, 0.5) is 0 Å². The second kappa shape index (κ2) is 9.54. The molecule has 0 N–H and O–H groups in total. The van der Waals surface area contributed by atoms with Gasteiger partial charge in [0.1, 0.15) is 29.9 Å². The predicted octanol–water partition coefficient (Wildman–Crippen LogP) is 4.06. The van der Waals surface area contributed by atoms with Crippen molar-refractivity contribution in [1.29, 1.82) is 5.26 Å². The van der Waals surface area contributed by atoms with Gasteiger partial charge in [-0.2, -0.15) is 5.26 Å². The molecule has 1 amide bonds. The molecule has 7 heteroatoms. The number of piperidine rings is 1. The molecule has 0 atom stereocenters. The Morgan fingerprint density at radius 1 is 1.16 bits per heavy atom. The molecular weight excluding hydrogens is 394 g/mol. The van der Waals surface area contributed by atoms with E-state index >= 15 is 0 Å². The van der Waals surface area contributed by atoms with E-state index in [1.54, 1.807) is 42.7 Å². The number of hydrogen-bond donors (Lipinski definition) is 0. The molecule has 0 saturated carbocycles. The highest BCUT2D eigenvalue weighted by Gasteiger charge is 2.30. The standard InChI is InChI=1S/C24H25N3O4/c1-26-12-10-19(11-13-26)27(16-20-6-4-14-29-20)24(28)23-9-8-21(31-23)17-30-22-7-3-2-5-18(22)15-25/h2-9,14,19H,10-13,16-17H2,1H3. The summed E-state index contributed by atoms with van der Waals surface area (Å²) in [5.41, 5.74) is 0.456. The average Bonchev–Trinajstić information content (AvgIpc) is 3.49. The van der Waals surface area contributed by atoms with E-state index in [2.05, 4.69) is 18.0 Å². The van der Waals surface area contributed by atoms with E-state index in [1.165, 1.54) is 0 Å². The summed E-state index contributed by atoms with van der Waals surface area (Å²) in [6, 6.07) is 16.4. The maximum absolute atomic E-state index is 13.3. The minimum atomic E-state index is -0.158. The molecule has 3 aromatic rings. The Kier molecular flexibility index (Phi) is 6.39. The van der Waals surface area contributed by atoms with Crippen LogP contribution in [-0.4, -0.2) is 41.9 Å². The minimum absolute atomic E-state index is 0.126. The zero-order valence-corrected chi connectivity index (χ0v) is 17.5. The molecule has 1 fully saturated rings. The van der Waals surface area contributed by atoms with Gasteiger partial charge in [-0.05, 0) is 69.4 Å². The highest BCUT2D eigenvalue weighted by molar-refractivity contribution is 5.91. The van der Waals surface area contributed by atoms with Gasteiger partial charge >= 0.3 is 0 Å². The van der Waals surface area contributed by atoms with Crippen molar-refractivity contribution in [2.75, 3.05) is 20.1 Å². The Balaban J connectivity index is 1.47. The Morgan fingerprint density at radius 3 is 2.71 bits per heavy atom. The van der Waals surface area contributed by atoms with Crippen molar-refractivity contribution in [1.82, 2.24) is 9.80 Å². The maximum Gasteiger partial charge on any atom is 0.290 e. The molecular formula is C24H25N3O4. The van der Waals surface area contributed by atoms with Gasteiger partial charge in [0.2, 0.25) is 0 Å². The number of carbonyl (C=O) groups excluding carboxylic acids is 1. The van der Waals surface area contributed by atoms with Crippen LogP contribution in [0, 0.1) is 11.3 Å². The lowest BCUT2D eigenvalue weighted by atomic mass is 10.0. The smallest absolute Gasteiger partial charge is 0.290 e. The molecule has 0 bridgehead atoms. The van der Waals surface area contributed by atoms with Gasteiger partial charge in [-0.15, -0.1) is 0 Å². The monoisotopic (exact) mass is 419 g/mol. The van der Waals surface area contributed by atoms with Crippen LogP contribution in [0.2, 0.25) is 0 Å². The number of benzene rings is 1. The number of rotatable bonds is 7. The van der Waals surface area contributed by atoms with Crippen molar-refractivity contribution in [2.45, 2.75) is 32.0 Å². The van der Waals surface area contributed by atoms with Crippen LogP contribution in [0.15, 0.2) is 63.6 Å². The number of amides is 1. The van der Waals surface area contributed by atoms with E-state index in [1.807, 2.05) is 17.0 Å². The third-order valence-corrected chi connectivity index (χ3v) is 5.55. The Hall–Kier alpha value is -3.50. The van der Waals surface area contributed by atoms with E-state index in [0.717, 1.165) is 31.7 Å². The quantitative estimate of drug-likeness (QED) is 0.574. The lowest BCUT2D eigenvalue weighted by Crippen LogP contribution is -2.46. The third kappa shape index (κ3) is 4.98. The molecule has 0 aliphatic carbocycles. The minimum Gasteiger partial charge on any atom is -0.484 e. The summed E-state index contributed by atoms with van der Waals surface area (Å²) < 4.78 is 17.0. The van der Waals surface area contributed by atoms with Crippen LogP contribution >= 0.6 is 0 Å². The molecule has 1 saturated heterocycles. The average molecular weight is 419 g/mol. The predicted molar refractivity (Wildman–Crippen MR) is 113 cm³/mol. The van der Waals surface area contributed by atoms with E-state index < -0.39 is 0 Å². The highest BCUT2D eigenvalue weighted by atomic mass is 16.5. The fraction of sp³-hybridized carbons (Fsp3) is 0.333. The third-order valence-electron chi connectivity index (χ3n) is 5.55. The molecule has 0 spiro atoms. The first kappa shape index (κ1) is 20.8. The highest BCUT2D eigenvalue weighted by Crippen LogP contribution is 2.23. The summed E-state index contributed by atoms with van der Waals surface area (Å²) in [6.07, 6.45) is 3.43. The van der Waals surface area contributed by atoms with Crippen LogP contribution in [0.25, 0.3) is 0 Å². The van der Waals surface area contributed by atoms with Gasteiger partial charge in [0, 0.05) is 6.04 Å². The van der Waals surface area contributed by atoms with Gasteiger partial charge in [-0.1, -0.05) is 12.1 Å². The van der Waals surface area contributed by atoms with Crippen molar-refractivity contribution in [3.8, 4) is 11.8 Å². The zero-order valence-electron chi connectivity index (χ0n) is 17.5. The van der Waals surface area contributed by atoms with Crippen molar-refractivity contribution < 1.29 is 18.4 Å². The maximum atomic E-state index is 13.3. The molecule has 1 aliphatic heterocycles. The van der Waals surface area contributed by atoms with Gasteiger partial charge < -0.3 is 23.4 Å². The van der Waals surface area contributed by atoms with Gasteiger partial charge in [0.15, 0.2) is 5.76 Å². The van der Waals surface area contributed by atoms with Crippen LogP contribution in [0.3, 0.4) is 0 Å². The molecule has 2 aromatic heterocycles. The number of ether oxygens (including phenoxy) is 1. The first-order valence-electron chi connectivity index (χ1n) is 10.4. The number of hydrogen-bond acceptors (Lipinski definition) is 6. The van der Waals surface area contributed by atoms with Crippen molar-refractivity contribution in [3.05, 3.63) is 77.6 Å². The van der Waals surface area contributed by atoms with Crippen LogP contribution in [-0.2, 0) is 13.2 Å². The molecule has 160 valence electrons. The van der Waals surface area contributed by atoms with Gasteiger partial charge in [-0.3, -0.25) is 4.79 Å². The van der Waals surface area contributed by atoms with Crippen molar-refractivity contribution in [2.24, 2.45) is 0 Å². The molecule has 0 radical (unpaired) electrons. The van der Waals surface area contributed by atoms with E-state index in [0.29, 0.717) is 23.6 Å². The van der Waals surface area contributed by atoms with Gasteiger partial charge in [0.25, 0.3) is 5.91 Å². The van der Waals surface area contributed by atoms with Crippen LogP contribution in [0.1, 0.15) is 40.5 Å². The number of nitriles is 1. The first-order chi connectivity index (χ1) is 15.1. The number of furan rings is 2. The summed E-state index contributed by atoms with van der Waals surface area (Å²) in [7, 11) is 2.10. The second-order valence-electron chi connectivity index (χ2n) is 7.71. The second-order valence-corrected chi connectivity index (χ2v) is 7.71. The molecule has 3 heterocycles. The van der Waals surface area contributed by atoms with Crippen LogP contribution < -0.4 is 4.74 Å². The summed E-state index contributed by atoms with van der Waals surface area (Å²) in [4.78, 5) is 17.5. The van der Waals surface area contributed by atoms with E-state index in [9.17, 15) is 10.1 Å². The molecule has 7 nitrogen and oxygen atoms in total. The SMILES string of the molecule is CN1CCC(N(Cc2ccco2)C(=O)c2ccc(COc3ccccc3C#N)o2)CC1. The fourth-order valence-electron chi connectivity index (χ4n) is 3.79. The number of para-hydroxylation sites is 1. The van der Waals surface area contributed by atoms with Gasteiger partial charge in [0.05, 0.1) is 18.4 Å². The Morgan fingerprint density at radius 2 is 1.97 bits per heavy atom. The van der Waals surface area contributed by atoms with Crippen LogP contribution in [0.5, 0.6) is 5.75 Å². The summed E-state index contributed by atoms with van der Waals surface area (Å²) in [5, 5.41) is 9.19. The molecule has 31 heavy (non-hydrogen) atoms. The Bertz CT molecular complexity index is 1040. The summed E-state index contributed by atoms with van der Waals surface area (Å²) in [6.45, 7) is 2.44. The largest absolute Gasteiger partial charge is 0.484 e. The van der Waals surface area contributed by atoms with Gasteiger partial charge in [-0.25, -0.2) is 0 Å². The van der Waals surface area contributed by atoms with E-state index in [-0.39, 0.29) is 24.3 Å². The lowest BCUT2D eigenvalue weighted by molar-refractivity contribution is 0.0516. The summed E-state index contributed by atoms with van der Waals surface area (Å²) >= 11 is 0. The Labute approximate surface area is 181 Å². The summed E-state index contributed by atoms with van der Waals surface area (Å²) in [5.74, 6) is 1.88. The number of nitrogens with zero attached hydrogens (tertiary/aromatic N) is 3. The molecule has 0 unspecified atom stereocenters. The topological polar surface area (TPSA) is 82.9 Å².